The maximum atomic E-state index is 12.3. The Kier molecular flexibility index (Phi) is 4.58. The van der Waals surface area contributed by atoms with Crippen LogP contribution < -0.4 is 5.32 Å². The number of anilines is 1. The lowest BCUT2D eigenvalue weighted by molar-refractivity contribution is 0.101. The fourth-order valence-corrected chi connectivity index (χ4v) is 2.52. The summed E-state index contributed by atoms with van der Waals surface area (Å²) in [6, 6.07) is 14.4. The van der Waals surface area contributed by atoms with E-state index in [2.05, 4.69) is 5.32 Å². The number of thioether (sulfide) groups is 1. The van der Waals surface area contributed by atoms with Crippen LogP contribution in [-0.2, 0) is 0 Å². The lowest BCUT2D eigenvalue weighted by Gasteiger charge is -2.11. The van der Waals surface area contributed by atoms with Crippen LogP contribution in [-0.4, -0.2) is 17.9 Å². The molecule has 0 atom stereocenters. The molecule has 0 heterocycles. The summed E-state index contributed by atoms with van der Waals surface area (Å²) in [7, 11) is 0. The molecule has 0 saturated heterocycles. The quantitative estimate of drug-likeness (QED) is 0.685. The van der Waals surface area contributed by atoms with Crippen LogP contribution in [0.4, 0.5) is 5.69 Å². The highest BCUT2D eigenvalue weighted by atomic mass is 32.2. The lowest BCUT2D eigenvalue weighted by atomic mass is 10.1. The van der Waals surface area contributed by atoms with Crippen molar-refractivity contribution >= 4 is 29.1 Å². The molecule has 0 aliphatic rings. The van der Waals surface area contributed by atoms with E-state index in [4.69, 9.17) is 0 Å². The average Bonchev–Trinajstić information content (AvgIpc) is 2.47. The smallest absolute Gasteiger partial charge is 0.256 e. The third kappa shape index (κ3) is 3.08. The van der Waals surface area contributed by atoms with Gasteiger partial charge in [-0.25, -0.2) is 0 Å². The summed E-state index contributed by atoms with van der Waals surface area (Å²) in [6.07, 6.45) is 1.93. The number of para-hydroxylation sites is 1. The highest BCUT2D eigenvalue weighted by molar-refractivity contribution is 7.98. The van der Waals surface area contributed by atoms with E-state index in [1.807, 2.05) is 24.5 Å². The third-order valence-corrected chi connectivity index (χ3v) is 3.70. The lowest BCUT2D eigenvalue weighted by Crippen LogP contribution is -2.15. The van der Waals surface area contributed by atoms with E-state index in [9.17, 15) is 9.59 Å². The zero-order valence-electron chi connectivity index (χ0n) is 11.3. The summed E-state index contributed by atoms with van der Waals surface area (Å²) in [6.45, 7) is 1.49. The van der Waals surface area contributed by atoms with Crippen molar-refractivity contribution in [2.24, 2.45) is 0 Å². The zero-order chi connectivity index (χ0) is 14.5. The predicted molar refractivity (Wildman–Crippen MR) is 82.6 cm³/mol. The molecule has 3 nitrogen and oxygen atoms in total. The maximum Gasteiger partial charge on any atom is 0.256 e. The highest BCUT2D eigenvalue weighted by Crippen LogP contribution is 2.22. The van der Waals surface area contributed by atoms with Crippen LogP contribution in [0.2, 0.25) is 0 Å². The molecular weight excluding hydrogens is 270 g/mol. The van der Waals surface area contributed by atoms with Crippen molar-refractivity contribution in [3.8, 4) is 0 Å². The average molecular weight is 285 g/mol. The van der Waals surface area contributed by atoms with Gasteiger partial charge in [-0.15, -0.1) is 11.8 Å². The van der Waals surface area contributed by atoms with Crippen LogP contribution in [0.3, 0.4) is 0 Å². The normalized spacial score (nSPS) is 10.1. The van der Waals surface area contributed by atoms with Crippen LogP contribution in [0.1, 0.15) is 27.6 Å². The van der Waals surface area contributed by atoms with Crippen LogP contribution in [0.5, 0.6) is 0 Å². The summed E-state index contributed by atoms with van der Waals surface area (Å²) in [4.78, 5) is 24.8. The van der Waals surface area contributed by atoms with E-state index < -0.39 is 0 Å². The van der Waals surface area contributed by atoms with E-state index in [1.54, 1.807) is 30.3 Å². The molecule has 0 spiro atoms. The molecule has 2 rings (SSSR count). The monoisotopic (exact) mass is 285 g/mol. The van der Waals surface area contributed by atoms with Gasteiger partial charge in [0.2, 0.25) is 0 Å². The van der Waals surface area contributed by atoms with Crippen molar-refractivity contribution in [3.63, 3.8) is 0 Å². The first-order valence-electron chi connectivity index (χ1n) is 6.18. The largest absolute Gasteiger partial charge is 0.321 e. The molecule has 102 valence electrons. The van der Waals surface area contributed by atoms with Gasteiger partial charge in [0.25, 0.3) is 5.91 Å². The summed E-state index contributed by atoms with van der Waals surface area (Å²) in [5.74, 6) is -0.275. The van der Waals surface area contributed by atoms with Crippen molar-refractivity contribution < 1.29 is 9.59 Å². The van der Waals surface area contributed by atoms with Gasteiger partial charge in [0.05, 0.1) is 11.3 Å². The van der Waals surface area contributed by atoms with Gasteiger partial charge in [0.15, 0.2) is 5.78 Å². The molecule has 20 heavy (non-hydrogen) atoms. The molecule has 0 aromatic heterocycles. The van der Waals surface area contributed by atoms with Gasteiger partial charge in [-0.05, 0) is 37.4 Å². The second-order valence-electron chi connectivity index (χ2n) is 4.26. The highest BCUT2D eigenvalue weighted by Gasteiger charge is 2.13. The fourth-order valence-electron chi connectivity index (χ4n) is 1.92. The first-order chi connectivity index (χ1) is 9.63. The Morgan fingerprint density at radius 3 is 2.20 bits per heavy atom. The number of carbonyl (C=O) groups is 2. The number of hydrogen-bond acceptors (Lipinski definition) is 3. The molecule has 1 amide bonds. The number of rotatable bonds is 4. The minimum atomic E-state index is -0.205. The Morgan fingerprint density at radius 1 is 0.950 bits per heavy atom. The Bertz CT molecular complexity index is 652. The van der Waals surface area contributed by atoms with E-state index in [-0.39, 0.29) is 11.7 Å². The number of nitrogens with one attached hydrogen (secondary N) is 1. The Labute approximate surface area is 122 Å². The number of benzene rings is 2. The first kappa shape index (κ1) is 14.3. The van der Waals surface area contributed by atoms with Crippen molar-refractivity contribution in [1.82, 2.24) is 0 Å². The van der Waals surface area contributed by atoms with Crippen LogP contribution in [0, 0.1) is 0 Å². The summed E-state index contributed by atoms with van der Waals surface area (Å²) in [5.41, 5.74) is 1.67. The van der Waals surface area contributed by atoms with Gasteiger partial charge in [-0.1, -0.05) is 24.3 Å². The first-order valence-corrected chi connectivity index (χ1v) is 7.40. The van der Waals surface area contributed by atoms with Crippen LogP contribution in [0.15, 0.2) is 53.4 Å². The SMILES string of the molecule is CSc1ccccc1C(=O)Nc1ccccc1C(C)=O. The minimum absolute atomic E-state index is 0.0703. The number of Topliss-reactive ketones (excluding diaryl/α,β-unsaturated/α-hetero) is 1. The molecule has 0 aliphatic heterocycles. The van der Waals surface area contributed by atoms with Crippen molar-refractivity contribution in [1.29, 1.82) is 0 Å². The minimum Gasteiger partial charge on any atom is -0.321 e. The van der Waals surface area contributed by atoms with Gasteiger partial charge in [0.1, 0.15) is 0 Å². The molecule has 2 aromatic carbocycles. The maximum absolute atomic E-state index is 12.3. The number of ketones is 1. The topological polar surface area (TPSA) is 46.2 Å². The second-order valence-corrected chi connectivity index (χ2v) is 5.10. The van der Waals surface area contributed by atoms with Crippen molar-refractivity contribution in [2.45, 2.75) is 11.8 Å². The molecule has 1 N–H and O–H groups in total. The van der Waals surface area contributed by atoms with Crippen molar-refractivity contribution in [2.75, 3.05) is 11.6 Å². The molecule has 0 unspecified atom stereocenters. The van der Waals surface area contributed by atoms with Crippen molar-refractivity contribution in [3.05, 3.63) is 59.7 Å². The molecule has 0 aliphatic carbocycles. The van der Waals surface area contributed by atoms with Gasteiger partial charge in [0, 0.05) is 10.5 Å². The Morgan fingerprint density at radius 2 is 1.55 bits per heavy atom. The molecule has 0 bridgehead atoms. The number of amides is 1. The van der Waals surface area contributed by atoms with Crippen LogP contribution in [0.25, 0.3) is 0 Å². The van der Waals surface area contributed by atoms with Gasteiger partial charge in [-0.2, -0.15) is 0 Å². The summed E-state index contributed by atoms with van der Waals surface area (Å²) in [5, 5.41) is 2.81. The number of carbonyl (C=O) groups excluding carboxylic acids is 2. The number of hydrogen-bond donors (Lipinski definition) is 1. The van der Waals surface area contributed by atoms with Gasteiger partial charge in [-0.3, -0.25) is 9.59 Å². The molecule has 2 aromatic rings. The Balaban J connectivity index is 2.31. The predicted octanol–water partition coefficient (Wildman–Crippen LogP) is 3.86. The summed E-state index contributed by atoms with van der Waals surface area (Å²) < 4.78 is 0. The van der Waals surface area contributed by atoms with E-state index in [0.29, 0.717) is 16.8 Å². The fraction of sp³-hybridized carbons (Fsp3) is 0.125. The van der Waals surface area contributed by atoms with Gasteiger partial charge >= 0.3 is 0 Å². The van der Waals surface area contributed by atoms with E-state index in [0.717, 1.165) is 4.90 Å². The summed E-state index contributed by atoms with van der Waals surface area (Å²) >= 11 is 1.52. The standard InChI is InChI=1S/C16H15NO2S/c1-11(18)12-7-3-5-9-14(12)17-16(19)13-8-4-6-10-15(13)20-2/h3-10H,1-2H3,(H,17,19). The Hall–Kier alpha value is -2.07. The zero-order valence-corrected chi connectivity index (χ0v) is 12.2. The van der Waals surface area contributed by atoms with E-state index in [1.165, 1.54) is 18.7 Å². The molecule has 0 fully saturated rings. The molecular formula is C16H15NO2S. The molecule has 0 radical (unpaired) electrons. The second kappa shape index (κ2) is 6.39. The molecule has 0 saturated carbocycles. The molecule has 4 heteroatoms. The van der Waals surface area contributed by atoms with E-state index >= 15 is 0 Å². The van der Waals surface area contributed by atoms with Crippen LogP contribution >= 0.6 is 11.8 Å². The third-order valence-electron chi connectivity index (χ3n) is 2.91. The van der Waals surface area contributed by atoms with Gasteiger partial charge < -0.3 is 5.32 Å².